The molecule has 1 N–H and O–H groups in total. The molecule has 1 aliphatic rings. The highest BCUT2D eigenvalue weighted by molar-refractivity contribution is 7.91. The fourth-order valence-corrected chi connectivity index (χ4v) is 5.25. The second-order valence-electron chi connectivity index (χ2n) is 4.70. The second kappa shape index (κ2) is 5.60. The molecule has 0 atom stereocenters. The third kappa shape index (κ3) is 2.98. The van der Waals surface area contributed by atoms with Crippen LogP contribution < -0.4 is 0 Å². The van der Waals surface area contributed by atoms with Gasteiger partial charge in [0.05, 0.1) is 0 Å². The molecule has 2 rings (SSSR count). The second-order valence-corrected chi connectivity index (χ2v) is 7.92. The summed E-state index contributed by atoms with van der Waals surface area (Å²) in [6.07, 6.45) is 3.84. The Morgan fingerprint density at radius 1 is 1.26 bits per heavy atom. The van der Waals surface area contributed by atoms with Gasteiger partial charge >= 0.3 is 5.97 Å². The molecule has 0 radical (unpaired) electrons. The minimum Gasteiger partial charge on any atom is -0.477 e. The van der Waals surface area contributed by atoms with Gasteiger partial charge in [0.2, 0.25) is 0 Å². The van der Waals surface area contributed by atoms with Crippen molar-refractivity contribution in [2.75, 3.05) is 13.1 Å². The minimum atomic E-state index is -3.53. The molecule has 1 aromatic rings. The molecule has 1 fully saturated rings. The van der Waals surface area contributed by atoms with Gasteiger partial charge in [0, 0.05) is 13.1 Å². The minimum absolute atomic E-state index is 0.105. The molecule has 0 amide bonds. The number of sulfonamides is 1. The van der Waals surface area contributed by atoms with E-state index in [2.05, 4.69) is 0 Å². The van der Waals surface area contributed by atoms with E-state index in [1.807, 2.05) is 0 Å². The van der Waals surface area contributed by atoms with Crippen molar-refractivity contribution in [2.24, 2.45) is 0 Å². The predicted molar refractivity (Wildman–Crippen MR) is 73.2 cm³/mol. The Morgan fingerprint density at radius 2 is 1.84 bits per heavy atom. The largest absolute Gasteiger partial charge is 0.477 e. The van der Waals surface area contributed by atoms with E-state index in [-0.39, 0.29) is 9.09 Å². The van der Waals surface area contributed by atoms with Gasteiger partial charge in [-0.25, -0.2) is 13.2 Å². The van der Waals surface area contributed by atoms with Gasteiger partial charge in [-0.15, -0.1) is 11.3 Å². The van der Waals surface area contributed by atoms with Crippen molar-refractivity contribution >= 4 is 27.3 Å². The molecule has 1 aliphatic heterocycles. The number of carbonyl (C=O) groups is 1. The smallest absolute Gasteiger partial charge is 0.346 e. The van der Waals surface area contributed by atoms with Gasteiger partial charge in [-0.1, -0.05) is 12.8 Å². The molecule has 5 nitrogen and oxygen atoms in total. The lowest BCUT2D eigenvalue weighted by Gasteiger charge is -2.18. The fourth-order valence-electron chi connectivity index (χ4n) is 2.20. The lowest BCUT2D eigenvalue weighted by atomic mass is 10.2. The SMILES string of the molecule is Cc1cc(S(=O)(=O)N2CCCCCC2)sc1C(=O)O. The molecule has 0 aromatic carbocycles. The van der Waals surface area contributed by atoms with Crippen molar-refractivity contribution in [2.45, 2.75) is 36.8 Å². The molecule has 0 unspecified atom stereocenters. The first-order chi connectivity index (χ1) is 8.93. The Balaban J connectivity index is 2.33. The van der Waals surface area contributed by atoms with E-state index in [0.29, 0.717) is 18.7 Å². The number of thiophene rings is 1. The highest BCUT2D eigenvalue weighted by Gasteiger charge is 2.28. The Bertz CT molecular complexity index is 569. The van der Waals surface area contributed by atoms with E-state index < -0.39 is 16.0 Å². The topological polar surface area (TPSA) is 74.7 Å². The summed E-state index contributed by atoms with van der Waals surface area (Å²) in [6.45, 7) is 2.69. The molecular formula is C12H17NO4S2. The Labute approximate surface area is 116 Å². The molecule has 2 heterocycles. The van der Waals surface area contributed by atoms with Crippen molar-refractivity contribution in [3.8, 4) is 0 Å². The molecule has 0 aliphatic carbocycles. The molecule has 1 saturated heterocycles. The predicted octanol–water partition coefficient (Wildman–Crippen LogP) is 2.32. The Hall–Kier alpha value is -0.920. The lowest BCUT2D eigenvalue weighted by molar-refractivity contribution is 0.0701. The highest BCUT2D eigenvalue weighted by Crippen LogP contribution is 2.29. The number of hydrogen-bond acceptors (Lipinski definition) is 4. The molecular weight excluding hydrogens is 286 g/mol. The van der Waals surface area contributed by atoms with Gasteiger partial charge in [0.15, 0.2) is 0 Å². The standard InChI is InChI=1S/C12H17NO4S2/c1-9-8-10(18-11(9)12(14)15)19(16,17)13-6-4-2-3-5-7-13/h8H,2-7H2,1H3,(H,14,15). The van der Waals surface area contributed by atoms with E-state index in [4.69, 9.17) is 5.11 Å². The fraction of sp³-hybridized carbons (Fsp3) is 0.583. The number of nitrogens with zero attached hydrogens (tertiary/aromatic N) is 1. The van der Waals surface area contributed by atoms with Crippen LogP contribution in [0.25, 0.3) is 0 Å². The average molecular weight is 303 g/mol. The van der Waals surface area contributed by atoms with Gasteiger partial charge in [-0.3, -0.25) is 0 Å². The van der Waals surface area contributed by atoms with E-state index in [1.54, 1.807) is 6.92 Å². The summed E-state index contributed by atoms with van der Waals surface area (Å²) >= 11 is 0.846. The third-order valence-corrected chi connectivity index (χ3v) is 6.82. The van der Waals surface area contributed by atoms with Gasteiger partial charge in [0.25, 0.3) is 10.0 Å². The van der Waals surface area contributed by atoms with Crippen LogP contribution in [0.1, 0.15) is 40.9 Å². The summed E-state index contributed by atoms with van der Waals surface area (Å²) < 4.78 is 26.6. The normalized spacial score (nSPS) is 18.2. The van der Waals surface area contributed by atoms with Gasteiger partial charge in [-0.05, 0) is 31.4 Å². The van der Waals surface area contributed by atoms with Crippen LogP contribution in [0, 0.1) is 6.92 Å². The number of rotatable bonds is 3. The van der Waals surface area contributed by atoms with Crippen LogP contribution >= 0.6 is 11.3 Å². The molecule has 1 aromatic heterocycles. The number of carboxylic acid groups (broad SMARTS) is 1. The average Bonchev–Trinajstić information content (AvgIpc) is 2.58. The summed E-state index contributed by atoms with van der Waals surface area (Å²) in [5, 5.41) is 9.00. The number of carboxylic acids is 1. The van der Waals surface area contributed by atoms with E-state index >= 15 is 0 Å². The first-order valence-corrected chi connectivity index (χ1v) is 8.52. The van der Waals surface area contributed by atoms with Crippen molar-refractivity contribution in [1.82, 2.24) is 4.31 Å². The van der Waals surface area contributed by atoms with Crippen LogP contribution in [-0.2, 0) is 10.0 Å². The van der Waals surface area contributed by atoms with Gasteiger partial charge in [-0.2, -0.15) is 4.31 Å². The monoisotopic (exact) mass is 303 g/mol. The Morgan fingerprint density at radius 3 is 2.32 bits per heavy atom. The van der Waals surface area contributed by atoms with Crippen LogP contribution in [0.2, 0.25) is 0 Å². The van der Waals surface area contributed by atoms with Crippen LogP contribution in [0.4, 0.5) is 0 Å². The highest BCUT2D eigenvalue weighted by atomic mass is 32.2. The van der Waals surface area contributed by atoms with Crippen LogP contribution in [0.15, 0.2) is 10.3 Å². The third-order valence-electron chi connectivity index (χ3n) is 3.25. The maximum absolute atomic E-state index is 12.5. The summed E-state index contributed by atoms with van der Waals surface area (Å²) in [5.74, 6) is -1.07. The van der Waals surface area contributed by atoms with E-state index in [1.165, 1.54) is 10.4 Å². The summed E-state index contributed by atoms with van der Waals surface area (Å²) in [7, 11) is -3.53. The van der Waals surface area contributed by atoms with Gasteiger partial charge < -0.3 is 5.11 Å². The van der Waals surface area contributed by atoms with Crippen molar-refractivity contribution in [3.63, 3.8) is 0 Å². The molecule has 106 valence electrons. The molecule has 0 saturated carbocycles. The zero-order chi connectivity index (χ0) is 14.0. The number of aryl methyl sites for hydroxylation is 1. The molecule has 0 spiro atoms. The first kappa shape index (κ1) is 14.5. The first-order valence-electron chi connectivity index (χ1n) is 6.27. The molecule has 0 bridgehead atoms. The number of hydrogen-bond donors (Lipinski definition) is 1. The lowest BCUT2D eigenvalue weighted by Crippen LogP contribution is -2.31. The summed E-state index contributed by atoms with van der Waals surface area (Å²) in [5.41, 5.74) is 0.505. The van der Waals surface area contributed by atoms with Crippen molar-refractivity contribution < 1.29 is 18.3 Å². The van der Waals surface area contributed by atoms with Gasteiger partial charge in [0.1, 0.15) is 9.09 Å². The quantitative estimate of drug-likeness (QED) is 0.930. The zero-order valence-electron chi connectivity index (χ0n) is 10.8. The van der Waals surface area contributed by atoms with Crippen LogP contribution in [-0.4, -0.2) is 36.9 Å². The molecule has 19 heavy (non-hydrogen) atoms. The van der Waals surface area contributed by atoms with Crippen LogP contribution in [0.3, 0.4) is 0 Å². The summed E-state index contributed by atoms with van der Waals surface area (Å²) in [6, 6.07) is 1.47. The van der Waals surface area contributed by atoms with Crippen molar-refractivity contribution in [1.29, 1.82) is 0 Å². The Kier molecular flexibility index (Phi) is 4.27. The zero-order valence-corrected chi connectivity index (χ0v) is 12.4. The molecule has 7 heteroatoms. The maximum atomic E-state index is 12.5. The maximum Gasteiger partial charge on any atom is 0.346 e. The summed E-state index contributed by atoms with van der Waals surface area (Å²) in [4.78, 5) is 11.1. The van der Waals surface area contributed by atoms with Crippen LogP contribution in [0.5, 0.6) is 0 Å². The van der Waals surface area contributed by atoms with Crippen molar-refractivity contribution in [3.05, 3.63) is 16.5 Å². The van der Waals surface area contributed by atoms with E-state index in [0.717, 1.165) is 37.0 Å². The van der Waals surface area contributed by atoms with E-state index in [9.17, 15) is 13.2 Å². The number of aromatic carboxylic acids is 1.